The van der Waals surface area contributed by atoms with Gasteiger partial charge in [-0.2, -0.15) is 0 Å². The minimum absolute atomic E-state index is 0.134. The molecular formula is C20H25N5O3S. The van der Waals surface area contributed by atoms with Gasteiger partial charge in [-0.1, -0.05) is 11.3 Å². The fourth-order valence-electron chi connectivity index (χ4n) is 3.39. The summed E-state index contributed by atoms with van der Waals surface area (Å²) in [6.45, 7) is 4.93. The third kappa shape index (κ3) is 4.42. The SMILES string of the molecule is COc1ccc2sc(N(CCCN3CCOCC3)C(=O)c3nccn3C)nc2c1. The van der Waals surface area contributed by atoms with Crippen molar-refractivity contribution in [2.45, 2.75) is 6.42 Å². The molecule has 0 saturated carbocycles. The fourth-order valence-corrected chi connectivity index (χ4v) is 4.36. The largest absolute Gasteiger partial charge is 0.497 e. The molecule has 8 nitrogen and oxygen atoms in total. The second-order valence-corrected chi connectivity index (χ2v) is 7.97. The number of methoxy groups -OCH3 is 1. The van der Waals surface area contributed by atoms with E-state index in [1.807, 2.05) is 25.2 Å². The van der Waals surface area contributed by atoms with Gasteiger partial charge in [0.15, 0.2) is 11.0 Å². The molecule has 0 aliphatic carbocycles. The predicted octanol–water partition coefficient (Wildman–Crippen LogP) is 2.41. The number of hydrogen-bond donors (Lipinski definition) is 0. The van der Waals surface area contributed by atoms with Crippen LogP contribution in [0.2, 0.25) is 0 Å². The van der Waals surface area contributed by atoms with Crippen LogP contribution in [0.5, 0.6) is 5.75 Å². The Kier molecular flexibility index (Phi) is 6.08. The number of morpholine rings is 1. The highest BCUT2D eigenvalue weighted by Crippen LogP contribution is 2.32. The fraction of sp³-hybridized carbons (Fsp3) is 0.450. The molecule has 0 spiro atoms. The van der Waals surface area contributed by atoms with E-state index in [2.05, 4.69) is 9.88 Å². The Bertz CT molecular complexity index is 980. The van der Waals surface area contributed by atoms with Gasteiger partial charge in [0.05, 0.1) is 30.5 Å². The lowest BCUT2D eigenvalue weighted by molar-refractivity contribution is 0.0376. The maximum Gasteiger partial charge on any atom is 0.296 e. The van der Waals surface area contributed by atoms with Crippen molar-refractivity contribution in [2.75, 3.05) is 51.4 Å². The number of ether oxygens (including phenoxy) is 2. The molecule has 1 aromatic carbocycles. The number of fused-ring (bicyclic) bond motifs is 1. The molecule has 3 aromatic rings. The molecule has 1 aliphatic heterocycles. The molecular weight excluding hydrogens is 390 g/mol. The van der Waals surface area contributed by atoms with Gasteiger partial charge in [0.25, 0.3) is 5.91 Å². The zero-order chi connectivity index (χ0) is 20.2. The van der Waals surface area contributed by atoms with Gasteiger partial charge in [-0.05, 0) is 18.6 Å². The third-order valence-corrected chi connectivity index (χ3v) is 6.09. The Labute approximate surface area is 173 Å². The zero-order valence-electron chi connectivity index (χ0n) is 16.7. The van der Waals surface area contributed by atoms with Crippen molar-refractivity contribution in [2.24, 2.45) is 7.05 Å². The van der Waals surface area contributed by atoms with Gasteiger partial charge in [0.1, 0.15) is 5.75 Å². The normalized spacial score (nSPS) is 15.0. The van der Waals surface area contributed by atoms with E-state index in [0.29, 0.717) is 17.5 Å². The maximum atomic E-state index is 13.3. The van der Waals surface area contributed by atoms with E-state index < -0.39 is 0 Å². The number of imidazole rings is 1. The highest BCUT2D eigenvalue weighted by molar-refractivity contribution is 7.22. The van der Waals surface area contributed by atoms with Crippen LogP contribution >= 0.6 is 11.3 Å². The van der Waals surface area contributed by atoms with Gasteiger partial charge in [0.2, 0.25) is 0 Å². The van der Waals surface area contributed by atoms with Crippen LogP contribution in [0, 0.1) is 0 Å². The van der Waals surface area contributed by atoms with Gasteiger partial charge < -0.3 is 14.0 Å². The van der Waals surface area contributed by atoms with Crippen molar-refractivity contribution in [3.8, 4) is 5.75 Å². The monoisotopic (exact) mass is 415 g/mol. The van der Waals surface area contributed by atoms with E-state index in [4.69, 9.17) is 14.5 Å². The minimum atomic E-state index is -0.134. The number of benzene rings is 1. The summed E-state index contributed by atoms with van der Waals surface area (Å²) in [7, 11) is 3.46. The number of aryl methyl sites for hydroxylation is 1. The van der Waals surface area contributed by atoms with Crippen molar-refractivity contribution in [1.82, 2.24) is 19.4 Å². The quantitative estimate of drug-likeness (QED) is 0.590. The van der Waals surface area contributed by atoms with Gasteiger partial charge in [-0.3, -0.25) is 14.6 Å². The molecule has 9 heteroatoms. The number of carbonyl (C=O) groups is 1. The summed E-state index contributed by atoms with van der Waals surface area (Å²) in [4.78, 5) is 26.3. The lowest BCUT2D eigenvalue weighted by Gasteiger charge is -2.27. The average molecular weight is 416 g/mol. The topological polar surface area (TPSA) is 72.7 Å². The highest BCUT2D eigenvalue weighted by atomic mass is 32.1. The lowest BCUT2D eigenvalue weighted by Crippen LogP contribution is -2.39. The number of amides is 1. The third-order valence-electron chi connectivity index (χ3n) is 5.03. The first-order valence-electron chi connectivity index (χ1n) is 9.69. The highest BCUT2D eigenvalue weighted by Gasteiger charge is 2.24. The van der Waals surface area contributed by atoms with E-state index in [1.54, 1.807) is 29.0 Å². The minimum Gasteiger partial charge on any atom is -0.497 e. The van der Waals surface area contributed by atoms with Crippen LogP contribution in [0.15, 0.2) is 30.6 Å². The van der Waals surface area contributed by atoms with Crippen molar-refractivity contribution in [3.05, 3.63) is 36.4 Å². The molecule has 29 heavy (non-hydrogen) atoms. The maximum absolute atomic E-state index is 13.3. The Hall–Kier alpha value is -2.49. The summed E-state index contributed by atoms with van der Waals surface area (Å²) in [5.41, 5.74) is 0.829. The molecule has 0 bridgehead atoms. The molecule has 1 saturated heterocycles. The summed E-state index contributed by atoms with van der Waals surface area (Å²) in [6, 6.07) is 5.78. The second-order valence-electron chi connectivity index (χ2n) is 6.96. The molecule has 0 radical (unpaired) electrons. The molecule has 3 heterocycles. The Balaban J connectivity index is 1.57. The standard InChI is InChI=1S/C20H25N5O3S/c1-23-9-6-21-18(23)19(26)25(8-3-7-24-10-12-28-13-11-24)20-22-16-14-15(27-2)4-5-17(16)29-20/h4-6,9,14H,3,7-8,10-13H2,1-2H3. The van der Waals surface area contributed by atoms with Crippen molar-refractivity contribution < 1.29 is 14.3 Å². The molecule has 1 aliphatic rings. The number of anilines is 1. The molecule has 2 aromatic heterocycles. The van der Waals surface area contributed by atoms with Crippen molar-refractivity contribution in [3.63, 3.8) is 0 Å². The first-order chi connectivity index (χ1) is 14.2. The second kappa shape index (κ2) is 8.89. The molecule has 0 N–H and O–H groups in total. The molecule has 0 unspecified atom stereocenters. The van der Waals surface area contributed by atoms with Crippen LogP contribution in [0.25, 0.3) is 10.2 Å². The molecule has 4 rings (SSSR count). The number of thiazole rings is 1. The van der Waals surface area contributed by atoms with Crippen LogP contribution in [-0.4, -0.2) is 71.8 Å². The van der Waals surface area contributed by atoms with E-state index >= 15 is 0 Å². The summed E-state index contributed by atoms with van der Waals surface area (Å²) in [5.74, 6) is 1.03. The van der Waals surface area contributed by atoms with Gasteiger partial charge in [-0.25, -0.2) is 9.97 Å². The molecule has 0 atom stereocenters. The molecule has 1 amide bonds. The lowest BCUT2D eigenvalue weighted by atomic mass is 10.3. The Morgan fingerprint density at radius 3 is 2.90 bits per heavy atom. The summed E-state index contributed by atoms with van der Waals surface area (Å²) >= 11 is 1.51. The zero-order valence-corrected chi connectivity index (χ0v) is 17.5. The number of nitrogens with zero attached hydrogens (tertiary/aromatic N) is 5. The van der Waals surface area contributed by atoms with E-state index in [0.717, 1.165) is 55.2 Å². The van der Waals surface area contributed by atoms with E-state index in [9.17, 15) is 4.79 Å². The van der Waals surface area contributed by atoms with Gasteiger partial charge >= 0.3 is 0 Å². The molecule has 154 valence electrons. The van der Waals surface area contributed by atoms with Gasteiger partial charge in [0, 0.05) is 51.7 Å². The Morgan fingerprint density at radius 2 is 2.17 bits per heavy atom. The first kappa shape index (κ1) is 19.8. The van der Waals surface area contributed by atoms with Crippen molar-refractivity contribution in [1.29, 1.82) is 0 Å². The van der Waals surface area contributed by atoms with Crippen LogP contribution in [-0.2, 0) is 11.8 Å². The van der Waals surface area contributed by atoms with Crippen LogP contribution in [0.1, 0.15) is 17.0 Å². The van der Waals surface area contributed by atoms with Crippen LogP contribution in [0.3, 0.4) is 0 Å². The van der Waals surface area contributed by atoms with Gasteiger partial charge in [-0.15, -0.1) is 0 Å². The summed E-state index contributed by atoms with van der Waals surface area (Å²) in [5, 5.41) is 0.684. The first-order valence-corrected chi connectivity index (χ1v) is 10.5. The summed E-state index contributed by atoms with van der Waals surface area (Å²) in [6.07, 6.45) is 4.28. The number of rotatable bonds is 7. The number of aromatic nitrogens is 3. The summed E-state index contributed by atoms with van der Waals surface area (Å²) < 4.78 is 13.5. The van der Waals surface area contributed by atoms with Crippen LogP contribution in [0.4, 0.5) is 5.13 Å². The smallest absolute Gasteiger partial charge is 0.296 e. The van der Waals surface area contributed by atoms with E-state index in [-0.39, 0.29) is 5.91 Å². The predicted molar refractivity (Wildman–Crippen MR) is 113 cm³/mol. The van der Waals surface area contributed by atoms with Crippen molar-refractivity contribution >= 4 is 32.6 Å². The number of carbonyl (C=O) groups excluding carboxylic acids is 1. The average Bonchev–Trinajstić information content (AvgIpc) is 3.36. The van der Waals surface area contributed by atoms with Crippen LogP contribution < -0.4 is 9.64 Å². The van der Waals surface area contributed by atoms with E-state index in [1.165, 1.54) is 11.3 Å². The number of hydrogen-bond acceptors (Lipinski definition) is 7. The molecule has 1 fully saturated rings. The Morgan fingerprint density at radius 1 is 1.34 bits per heavy atom.